The van der Waals surface area contributed by atoms with E-state index in [4.69, 9.17) is 10.5 Å². The molecular formula is C17H20N2O4S. The minimum Gasteiger partial charge on any atom is -0.489 e. The van der Waals surface area contributed by atoms with E-state index in [0.29, 0.717) is 17.9 Å². The lowest BCUT2D eigenvalue weighted by Gasteiger charge is -2.15. The maximum Gasteiger partial charge on any atom is 0.217 e. The number of rotatable bonds is 8. The number of benzene rings is 1. The lowest BCUT2D eigenvalue weighted by molar-refractivity contribution is -0.118. The number of carbonyl (C=O) groups excluding carboxylic acids is 1. The lowest BCUT2D eigenvalue weighted by atomic mass is 10.1. The van der Waals surface area contributed by atoms with Gasteiger partial charge in [-0.15, -0.1) is 0 Å². The Morgan fingerprint density at radius 2 is 1.79 bits per heavy atom. The summed E-state index contributed by atoms with van der Waals surface area (Å²) in [5.41, 5.74) is 6.73. The van der Waals surface area contributed by atoms with Crippen LogP contribution in [-0.2, 0) is 21.2 Å². The van der Waals surface area contributed by atoms with Crippen molar-refractivity contribution in [1.29, 1.82) is 0 Å². The van der Waals surface area contributed by atoms with Crippen molar-refractivity contribution in [2.75, 3.05) is 6.26 Å². The summed E-state index contributed by atoms with van der Waals surface area (Å²) in [5, 5.41) is -0.751. The topological polar surface area (TPSA) is 99.3 Å². The molecule has 0 aliphatic carbocycles. The first kappa shape index (κ1) is 17.9. The van der Waals surface area contributed by atoms with Crippen LogP contribution in [0.25, 0.3) is 0 Å². The van der Waals surface area contributed by atoms with Crippen LogP contribution in [-0.4, -0.2) is 25.6 Å². The zero-order chi connectivity index (χ0) is 17.6. The summed E-state index contributed by atoms with van der Waals surface area (Å²) in [5.74, 6) is 0.124. The number of carbonyl (C=O) groups is 1. The number of pyridine rings is 1. The van der Waals surface area contributed by atoms with Gasteiger partial charge in [0.25, 0.3) is 0 Å². The van der Waals surface area contributed by atoms with E-state index in [0.717, 1.165) is 11.8 Å². The Kier molecular flexibility index (Phi) is 5.92. The highest BCUT2D eigenvalue weighted by atomic mass is 32.2. The number of primary amides is 1. The van der Waals surface area contributed by atoms with Crippen LogP contribution >= 0.6 is 0 Å². The summed E-state index contributed by atoms with van der Waals surface area (Å²) in [6.07, 6.45) is 4.74. The standard InChI is InChI=1S/C17H20N2O4S/c1-24(21,22)16(6-7-17(18)20)14-2-4-15(5-3-14)23-12-13-8-10-19-11-9-13/h2-5,8-11,16H,6-7,12H2,1H3,(H2,18,20). The van der Waals surface area contributed by atoms with Crippen LogP contribution in [0.4, 0.5) is 0 Å². The van der Waals surface area contributed by atoms with Gasteiger partial charge in [-0.1, -0.05) is 12.1 Å². The summed E-state index contributed by atoms with van der Waals surface area (Å²) in [6, 6.07) is 10.6. The maximum absolute atomic E-state index is 12.0. The van der Waals surface area contributed by atoms with Crippen molar-refractivity contribution in [2.24, 2.45) is 5.73 Å². The molecular weight excluding hydrogens is 328 g/mol. The van der Waals surface area contributed by atoms with Crippen LogP contribution in [0.1, 0.15) is 29.2 Å². The van der Waals surface area contributed by atoms with E-state index >= 15 is 0 Å². The first-order valence-electron chi connectivity index (χ1n) is 7.45. The number of aromatic nitrogens is 1. The number of hydrogen-bond donors (Lipinski definition) is 1. The molecule has 0 aliphatic rings. The van der Waals surface area contributed by atoms with Gasteiger partial charge in [0.1, 0.15) is 12.4 Å². The summed E-state index contributed by atoms with van der Waals surface area (Å²) >= 11 is 0. The van der Waals surface area contributed by atoms with E-state index in [-0.39, 0.29) is 12.8 Å². The number of ether oxygens (including phenoxy) is 1. The smallest absolute Gasteiger partial charge is 0.217 e. The minimum atomic E-state index is -3.34. The number of nitrogens with two attached hydrogens (primary N) is 1. The van der Waals surface area contributed by atoms with E-state index in [2.05, 4.69) is 4.98 Å². The van der Waals surface area contributed by atoms with Gasteiger partial charge in [-0.3, -0.25) is 9.78 Å². The van der Waals surface area contributed by atoms with Gasteiger partial charge in [-0.2, -0.15) is 0 Å². The van der Waals surface area contributed by atoms with Crippen molar-refractivity contribution in [2.45, 2.75) is 24.7 Å². The molecule has 0 aliphatic heterocycles. The molecule has 0 fully saturated rings. The molecule has 0 bridgehead atoms. The molecule has 1 aromatic heterocycles. The molecule has 1 atom stereocenters. The second kappa shape index (κ2) is 7.92. The molecule has 2 aromatic rings. The molecule has 128 valence electrons. The van der Waals surface area contributed by atoms with E-state index in [9.17, 15) is 13.2 Å². The monoisotopic (exact) mass is 348 g/mol. The Balaban J connectivity index is 2.06. The van der Waals surface area contributed by atoms with E-state index < -0.39 is 21.0 Å². The average Bonchev–Trinajstić information content (AvgIpc) is 2.53. The second-order valence-electron chi connectivity index (χ2n) is 5.54. The fourth-order valence-corrected chi connectivity index (χ4v) is 3.52. The molecule has 6 nitrogen and oxygen atoms in total. The lowest BCUT2D eigenvalue weighted by Crippen LogP contribution is -2.16. The average molecular weight is 348 g/mol. The Bertz CT molecular complexity index is 774. The SMILES string of the molecule is CS(=O)(=O)C(CCC(N)=O)c1ccc(OCc2ccncc2)cc1. The van der Waals surface area contributed by atoms with Crippen molar-refractivity contribution in [3.63, 3.8) is 0 Å². The largest absolute Gasteiger partial charge is 0.489 e. The summed E-state index contributed by atoms with van der Waals surface area (Å²) in [7, 11) is -3.34. The predicted molar refractivity (Wildman–Crippen MR) is 91.0 cm³/mol. The third-order valence-electron chi connectivity index (χ3n) is 3.58. The van der Waals surface area contributed by atoms with E-state index in [1.165, 1.54) is 0 Å². The van der Waals surface area contributed by atoms with Crippen molar-refractivity contribution < 1.29 is 17.9 Å². The van der Waals surface area contributed by atoms with Crippen LogP contribution in [0.3, 0.4) is 0 Å². The maximum atomic E-state index is 12.0. The summed E-state index contributed by atoms with van der Waals surface area (Å²) in [6.45, 7) is 0.402. The van der Waals surface area contributed by atoms with Crippen LogP contribution in [0.15, 0.2) is 48.8 Å². The highest BCUT2D eigenvalue weighted by molar-refractivity contribution is 7.90. The van der Waals surface area contributed by atoms with Crippen LogP contribution in [0, 0.1) is 0 Å². The third-order valence-corrected chi connectivity index (χ3v) is 5.12. The van der Waals surface area contributed by atoms with Gasteiger partial charge in [0.2, 0.25) is 5.91 Å². The Morgan fingerprint density at radius 3 is 2.33 bits per heavy atom. The molecule has 1 heterocycles. The zero-order valence-corrected chi connectivity index (χ0v) is 14.2. The van der Waals surface area contributed by atoms with Crippen molar-refractivity contribution in [3.8, 4) is 5.75 Å². The van der Waals surface area contributed by atoms with E-state index in [1.54, 1.807) is 36.7 Å². The van der Waals surface area contributed by atoms with Crippen LogP contribution in [0.2, 0.25) is 0 Å². The van der Waals surface area contributed by atoms with Gasteiger partial charge in [-0.05, 0) is 41.8 Å². The van der Waals surface area contributed by atoms with Gasteiger partial charge in [-0.25, -0.2) is 8.42 Å². The highest BCUT2D eigenvalue weighted by Gasteiger charge is 2.23. The van der Waals surface area contributed by atoms with Crippen LogP contribution in [0.5, 0.6) is 5.75 Å². The fraction of sp³-hybridized carbons (Fsp3) is 0.294. The molecule has 1 amide bonds. The minimum absolute atomic E-state index is 0.0258. The van der Waals surface area contributed by atoms with Gasteiger partial charge in [0, 0.05) is 25.1 Å². The first-order chi connectivity index (χ1) is 11.4. The zero-order valence-electron chi connectivity index (χ0n) is 13.4. The molecule has 1 unspecified atom stereocenters. The molecule has 24 heavy (non-hydrogen) atoms. The first-order valence-corrected chi connectivity index (χ1v) is 9.40. The van der Waals surface area contributed by atoms with Crippen molar-refractivity contribution in [1.82, 2.24) is 4.98 Å². The molecule has 0 saturated heterocycles. The van der Waals surface area contributed by atoms with Crippen molar-refractivity contribution in [3.05, 3.63) is 59.9 Å². The summed E-state index contributed by atoms with van der Waals surface area (Å²) < 4.78 is 29.6. The molecule has 0 saturated carbocycles. The normalized spacial score (nSPS) is 12.5. The molecule has 1 aromatic carbocycles. The molecule has 0 radical (unpaired) electrons. The molecule has 2 rings (SSSR count). The van der Waals surface area contributed by atoms with Crippen LogP contribution < -0.4 is 10.5 Å². The van der Waals surface area contributed by atoms with Gasteiger partial charge in [0.15, 0.2) is 9.84 Å². The van der Waals surface area contributed by atoms with Crippen molar-refractivity contribution >= 4 is 15.7 Å². The number of hydrogen-bond acceptors (Lipinski definition) is 5. The second-order valence-corrected chi connectivity index (χ2v) is 7.76. The Hall–Kier alpha value is -2.41. The van der Waals surface area contributed by atoms with Gasteiger partial charge < -0.3 is 10.5 Å². The Morgan fingerprint density at radius 1 is 1.17 bits per heavy atom. The predicted octanol–water partition coefficient (Wildman–Crippen LogP) is 2.01. The quantitative estimate of drug-likeness (QED) is 0.787. The Labute approximate surface area is 141 Å². The van der Waals surface area contributed by atoms with E-state index in [1.807, 2.05) is 12.1 Å². The third kappa shape index (κ3) is 5.34. The van der Waals surface area contributed by atoms with Gasteiger partial charge >= 0.3 is 0 Å². The number of nitrogens with zero attached hydrogens (tertiary/aromatic N) is 1. The number of sulfone groups is 1. The summed E-state index contributed by atoms with van der Waals surface area (Å²) in [4.78, 5) is 14.9. The van der Waals surface area contributed by atoms with Gasteiger partial charge in [0.05, 0.1) is 5.25 Å². The number of amides is 1. The highest BCUT2D eigenvalue weighted by Crippen LogP contribution is 2.28. The molecule has 2 N–H and O–H groups in total. The molecule has 7 heteroatoms. The fourth-order valence-electron chi connectivity index (χ4n) is 2.33. The molecule has 0 spiro atoms.